The van der Waals surface area contributed by atoms with Crippen molar-refractivity contribution in [3.8, 4) is 5.75 Å². The second kappa shape index (κ2) is 8.11. The molecule has 0 unspecified atom stereocenters. The first-order chi connectivity index (χ1) is 9.43. The summed E-state index contributed by atoms with van der Waals surface area (Å²) in [6.07, 6.45) is 1.04. The van der Waals surface area contributed by atoms with E-state index in [0.717, 1.165) is 4.47 Å². The lowest BCUT2D eigenvalue weighted by Gasteiger charge is -2.14. The van der Waals surface area contributed by atoms with E-state index in [9.17, 15) is 9.59 Å². The van der Waals surface area contributed by atoms with Crippen LogP contribution in [0.1, 0.15) is 19.8 Å². The maximum Gasteiger partial charge on any atom is 0.326 e. The zero-order chi connectivity index (χ0) is 15.1. The van der Waals surface area contributed by atoms with Gasteiger partial charge in [-0.05, 0) is 24.6 Å². The molecule has 110 valence electrons. The lowest BCUT2D eigenvalue weighted by Crippen LogP contribution is -2.42. The summed E-state index contributed by atoms with van der Waals surface area (Å²) in [6, 6.07) is 4.11. The number of carbonyl (C=O) groups is 2. The van der Waals surface area contributed by atoms with Crippen molar-refractivity contribution < 1.29 is 19.4 Å². The molecule has 0 aliphatic rings. The van der Waals surface area contributed by atoms with E-state index in [2.05, 4.69) is 21.2 Å². The first-order valence-electron chi connectivity index (χ1n) is 6.04. The third-order valence-corrected chi connectivity index (χ3v) is 3.25. The first-order valence-corrected chi connectivity index (χ1v) is 7.21. The van der Waals surface area contributed by atoms with Crippen LogP contribution in [-0.4, -0.2) is 29.6 Å². The van der Waals surface area contributed by atoms with Crippen molar-refractivity contribution in [2.24, 2.45) is 0 Å². The Labute approximate surface area is 130 Å². The van der Waals surface area contributed by atoms with Crippen LogP contribution in [0.15, 0.2) is 22.7 Å². The monoisotopic (exact) mass is 363 g/mol. The number of ether oxygens (including phenoxy) is 1. The molecular formula is C13H15BrClNO4. The van der Waals surface area contributed by atoms with Gasteiger partial charge in [-0.15, -0.1) is 0 Å². The molecule has 1 aromatic carbocycles. The van der Waals surface area contributed by atoms with Gasteiger partial charge in [0.05, 0.1) is 5.02 Å². The van der Waals surface area contributed by atoms with Crippen LogP contribution in [0.5, 0.6) is 5.75 Å². The predicted molar refractivity (Wildman–Crippen MR) is 79.1 cm³/mol. The van der Waals surface area contributed by atoms with E-state index in [-0.39, 0.29) is 6.61 Å². The third-order valence-electron chi connectivity index (χ3n) is 2.46. The minimum absolute atomic E-state index is 0.283. The number of carbonyl (C=O) groups excluding carboxylic acids is 1. The minimum atomic E-state index is -1.05. The summed E-state index contributed by atoms with van der Waals surface area (Å²) in [7, 11) is 0. The molecule has 0 saturated carbocycles. The molecule has 2 N–H and O–H groups in total. The largest absolute Gasteiger partial charge is 0.482 e. The van der Waals surface area contributed by atoms with Crippen molar-refractivity contribution >= 4 is 39.4 Å². The number of carboxylic acids is 1. The van der Waals surface area contributed by atoms with Gasteiger partial charge in [-0.2, -0.15) is 0 Å². The average molecular weight is 365 g/mol. The van der Waals surface area contributed by atoms with Crippen LogP contribution in [-0.2, 0) is 9.59 Å². The fourth-order valence-electron chi connectivity index (χ4n) is 1.52. The quantitative estimate of drug-likeness (QED) is 0.780. The van der Waals surface area contributed by atoms with E-state index in [1.165, 1.54) is 0 Å². The summed E-state index contributed by atoms with van der Waals surface area (Å²) in [4.78, 5) is 22.5. The number of amides is 1. The van der Waals surface area contributed by atoms with Gasteiger partial charge in [-0.3, -0.25) is 4.79 Å². The van der Waals surface area contributed by atoms with E-state index in [4.69, 9.17) is 21.4 Å². The molecule has 0 radical (unpaired) electrons. The summed E-state index contributed by atoms with van der Waals surface area (Å²) in [6.45, 7) is 1.56. The summed E-state index contributed by atoms with van der Waals surface area (Å²) in [5, 5.41) is 11.7. The summed E-state index contributed by atoms with van der Waals surface area (Å²) >= 11 is 9.20. The second-order valence-corrected chi connectivity index (χ2v) is 5.43. The molecule has 0 saturated heterocycles. The highest BCUT2D eigenvalue weighted by molar-refractivity contribution is 9.10. The average Bonchev–Trinajstić information content (AvgIpc) is 2.37. The normalized spacial score (nSPS) is 11.8. The maximum absolute atomic E-state index is 11.6. The van der Waals surface area contributed by atoms with Crippen molar-refractivity contribution in [1.29, 1.82) is 0 Å². The molecule has 0 fully saturated rings. The Kier molecular flexibility index (Phi) is 6.81. The zero-order valence-corrected chi connectivity index (χ0v) is 13.2. The van der Waals surface area contributed by atoms with Crippen molar-refractivity contribution in [3.63, 3.8) is 0 Å². The molecule has 1 atom stereocenters. The zero-order valence-electron chi connectivity index (χ0n) is 10.9. The van der Waals surface area contributed by atoms with E-state index in [1.807, 2.05) is 6.92 Å². The summed E-state index contributed by atoms with van der Waals surface area (Å²) in [5.41, 5.74) is 0. The van der Waals surface area contributed by atoms with Gasteiger partial charge in [0.25, 0.3) is 5.91 Å². The van der Waals surface area contributed by atoms with E-state index in [0.29, 0.717) is 23.6 Å². The summed E-state index contributed by atoms with van der Waals surface area (Å²) in [5.74, 6) is -1.18. The van der Waals surface area contributed by atoms with Gasteiger partial charge in [-0.25, -0.2) is 4.79 Å². The van der Waals surface area contributed by atoms with Crippen LogP contribution in [0.2, 0.25) is 5.02 Å². The Morgan fingerprint density at radius 1 is 1.50 bits per heavy atom. The Balaban J connectivity index is 2.52. The number of rotatable bonds is 7. The smallest absolute Gasteiger partial charge is 0.326 e. The molecule has 5 nitrogen and oxygen atoms in total. The number of hydrogen-bond acceptors (Lipinski definition) is 3. The van der Waals surface area contributed by atoms with Crippen LogP contribution in [0.4, 0.5) is 0 Å². The van der Waals surface area contributed by atoms with Crippen LogP contribution in [0.25, 0.3) is 0 Å². The summed E-state index contributed by atoms with van der Waals surface area (Å²) < 4.78 is 6.05. The predicted octanol–water partition coefficient (Wildman–Crippen LogP) is 2.85. The van der Waals surface area contributed by atoms with Crippen LogP contribution >= 0.6 is 27.5 Å². The first kappa shape index (κ1) is 16.8. The highest BCUT2D eigenvalue weighted by Crippen LogP contribution is 2.27. The third kappa shape index (κ3) is 5.38. The number of aliphatic carboxylic acids is 1. The number of carboxylic acid groups (broad SMARTS) is 1. The molecule has 0 heterocycles. The van der Waals surface area contributed by atoms with E-state index >= 15 is 0 Å². The highest BCUT2D eigenvalue weighted by atomic mass is 79.9. The van der Waals surface area contributed by atoms with Gasteiger partial charge in [0.1, 0.15) is 11.8 Å². The van der Waals surface area contributed by atoms with Gasteiger partial charge in [0.15, 0.2) is 6.61 Å². The Morgan fingerprint density at radius 3 is 2.75 bits per heavy atom. The molecule has 7 heteroatoms. The lowest BCUT2D eigenvalue weighted by molar-refractivity contribution is -0.142. The molecule has 1 aromatic rings. The van der Waals surface area contributed by atoms with Crippen molar-refractivity contribution in [2.75, 3.05) is 6.61 Å². The molecule has 20 heavy (non-hydrogen) atoms. The number of nitrogens with one attached hydrogen (secondary N) is 1. The molecular weight excluding hydrogens is 350 g/mol. The van der Waals surface area contributed by atoms with E-state index in [1.54, 1.807) is 18.2 Å². The van der Waals surface area contributed by atoms with Crippen LogP contribution in [0, 0.1) is 0 Å². The van der Waals surface area contributed by atoms with Crippen molar-refractivity contribution in [3.05, 3.63) is 27.7 Å². The van der Waals surface area contributed by atoms with Crippen LogP contribution in [0.3, 0.4) is 0 Å². The van der Waals surface area contributed by atoms with Crippen molar-refractivity contribution in [1.82, 2.24) is 5.32 Å². The molecule has 1 amide bonds. The Bertz CT molecular complexity index is 495. The minimum Gasteiger partial charge on any atom is -0.482 e. The fourth-order valence-corrected chi connectivity index (χ4v) is 2.25. The van der Waals surface area contributed by atoms with Crippen LogP contribution < -0.4 is 10.1 Å². The number of benzene rings is 1. The number of hydrogen-bond donors (Lipinski definition) is 2. The molecule has 0 bridgehead atoms. The molecule has 0 aromatic heterocycles. The highest BCUT2D eigenvalue weighted by Gasteiger charge is 2.19. The maximum atomic E-state index is 11.6. The van der Waals surface area contributed by atoms with E-state index < -0.39 is 17.9 Å². The molecule has 0 spiro atoms. The SMILES string of the molecule is CCC[C@H](NC(=O)COc1ccc(Br)cc1Cl)C(=O)O. The van der Waals surface area contributed by atoms with Crippen molar-refractivity contribution in [2.45, 2.75) is 25.8 Å². The van der Waals surface area contributed by atoms with Gasteiger partial charge in [-0.1, -0.05) is 40.9 Å². The second-order valence-electron chi connectivity index (χ2n) is 4.11. The van der Waals surface area contributed by atoms with Gasteiger partial charge < -0.3 is 15.2 Å². The van der Waals surface area contributed by atoms with Gasteiger partial charge in [0, 0.05) is 4.47 Å². The molecule has 0 aliphatic carbocycles. The van der Waals surface area contributed by atoms with Gasteiger partial charge in [0.2, 0.25) is 0 Å². The Morgan fingerprint density at radius 2 is 2.20 bits per heavy atom. The molecule has 0 aliphatic heterocycles. The van der Waals surface area contributed by atoms with Gasteiger partial charge >= 0.3 is 5.97 Å². The number of halogens is 2. The Hall–Kier alpha value is -1.27. The lowest BCUT2D eigenvalue weighted by atomic mass is 10.2. The molecule has 1 rings (SSSR count). The standard InChI is InChI=1S/C13H15BrClNO4/c1-2-3-10(13(18)19)16-12(17)7-20-11-5-4-8(14)6-9(11)15/h4-6,10H,2-3,7H2,1H3,(H,16,17)(H,18,19)/t10-/m0/s1. The fraction of sp³-hybridized carbons (Fsp3) is 0.385. The topological polar surface area (TPSA) is 75.6 Å².